The number of halogens is 3. The highest BCUT2D eigenvalue weighted by Gasteiger charge is 2.37. The highest BCUT2D eigenvalue weighted by atomic mass is 35.5. The summed E-state index contributed by atoms with van der Waals surface area (Å²) in [4.78, 5) is 14.4. The fraction of sp³-hybridized carbons (Fsp3) is 0.381. The van der Waals surface area contributed by atoms with E-state index in [2.05, 4.69) is 4.90 Å². The maximum Gasteiger partial charge on any atom is 0.162 e. The number of rotatable bonds is 6. The molecule has 0 spiro atoms. The van der Waals surface area contributed by atoms with Crippen molar-refractivity contribution in [3.63, 3.8) is 0 Å². The van der Waals surface area contributed by atoms with Gasteiger partial charge < -0.3 is 10.0 Å². The van der Waals surface area contributed by atoms with Crippen LogP contribution in [0, 0.1) is 5.82 Å². The molecule has 1 aliphatic heterocycles. The summed E-state index contributed by atoms with van der Waals surface area (Å²) >= 11 is 12.5. The van der Waals surface area contributed by atoms with E-state index in [4.69, 9.17) is 23.2 Å². The molecule has 0 atom stereocenters. The Morgan fingerprint density at radius 2 is 1.67 bits per heavy atom. The van der Waals surface area contributed by atoms with Gasteiger partial charge in [0.2, 0.25) is 0 Å². The normalized spacial score (nSPS) is 17.0. The van der Waals surface area contributed by atoms with Crippen molar-refractivity contribution < 1.29 is 14.3 Å². The van der Waals surface area contributed by atoms with Crippen molar-refractivity contribution >= 4 is 29.0 Å². The number of carbonyl (C=O) groups excluding carboxylic acids is 1. The molecule has 1 aliphatic rings. The zero-order valence-corrected chi connectivity index (χ0v) is 16.4. The van der Waals surface area contributed by atoms with E-state index >= 15 is 0 Å². The lowest BCUT2D eigenvalue weighted by molar-refractivity contribution is -0.0258. The van der Waals surface area contributed by atoms with Crippen molar-refractivity contribution in [3.05, 3.63) is 69.5 Å². The Hall–Kier alpha value is -1.46. The van der Waals surface area contributed by atoms with Gasteiger partial charge in [0.1, 0.15) is 5.82 Å². The summed E-state index contributed by atoms with van der Waals surface area (Å²) in [5.41, 5.74) is 0.132. The lowest BCUT2D eigenvalue weighted by Crippen LogP contribution is -2.43. The fourth-order valence-electron chi connectivity index (χ4n) is 3.58. The minimum atomic E-state index is -1.02. The monoisotopic (exact) mass is 409 g/mol. The average Bonchev–Trinajstić information content (AvgIpc) is 2.64. The quantitative estimate of drug-likeness (QED) is 0.676. The number of carbonyl (C=O) groups is 1. The van der Waals surface area contributed by atoms with Crippen LogP contribution < -0.4 is 0 Å². The molecule has 0 aromatic heterocycles. The predicted molar refractivity (Wildman–Crippen MR) is 106 cm³/mol. The number of hydrogen-bond donors (Lipinski definition) is 1. The summed E-state index contributed by atoms with van der Waals surface area (Å²) in [6, 6.07) is 10.9. The van der Waals surface area contributed by atoms with Crippen molar-refractivity contribution in [2.45, 2.75) is 31.3 Å². The molecule has 144 valence electrons. The Morgan fingerprint density at radius 3 is 2.26 bits per heavy atom. The molecule has 1 saturated heterocycles. The number of ketones is 1. The Kier molecular flexibility index (Phi) is 6.53. The third-order valence-corrected chi connectivity index (χ3v) is 5.79. The highest BCUT2D eigenvalue weighted by Crippen LogP contribution is 2.40. The highest BCUT2D eigenvalue weighted by molar-refractivity contribution is 6.36. The van der Waals surface area contributed by atoms with Gasteiger partial charge in [0.15, 0.2) is 5.78 Å². The first kappa shape index (κ1) is 20.3. The Bertz CT molecular complexity index is 782. The molecule has 2 aromatic rings. The van der Waals surface area contributed by atoms with Crippen LogP contribution in [-0.2, 0) is 5.60 Å². The first-order chi connectivity index (χ1) is 12.9. The second-order valence-electron chi connectivity index (χ2n) is 7.00. The zero-order valence-electron chi connectivity index (χ0n) is 14.9. The molecule has 0 radical (unpaired) electrons. The van der Waals surface area contributed by atoms with Crippen LogP contribution in [0.15, 0.2) is 42.5 Å². The van der Waals surface area contributed by atoms with E-state index < -0.39 is 5.60 Å². The van der Waals surface area contributed by atoms with Crippen LogP contribution in [-0.4, -0.2) is 35.4 Å². The molecule has 1 N–H and O–H groups in total. The number of hydrogen-bond acceptors (Lipinski definition) is 3. The molecular formula is C21H22Cl2FNO2. The van der Waals surface area contributed by atoms with Crippen LogP contribution >= 0.6 is 23.2 Å². The van der Waals surface area contributed by atoms with Gasteiger partial charge in [-0.1, -0.05) is 29.3 Å². The lowest BCUT2D eigenvalue weighted by Gasteiger charge is -2.39. The van der Waals surface area contributed by atoms with E-state index in [1.807, 2.05) is 0 Å². The van der Waals surface area contributed by atoms with Gasteiger partial charge in [-0.05, 0) is 62.2 Å². The Balaban J connectivity index is 1.50. The minimum Gasteiger partial charge on any atom is -0.385 e. The second kappa shape index (κ2) is 8.70. The summed E-state index contributed by atoms with van der Waals surface area (Å²) in [6.07, 6.45) is 2.23. The van der Waals surface area contributed by atoms with E-state index in [-0.39, 0.29) is 11.6 Å². The van der Waals surface area contributed by atoms with E-state index in [1.165, 1.54) is 24.3 Å². The molecule has 1 fully saturated rings. The van der Waals surface area contributed by atoms with Gasteiger partial charge in [0.25, 0.3) is 0 Å². The predicted octanol–water partition coefficient (Wildman–Crippen LogP) is 5.08. The number of piperidine rings is 1. The molecular weight excluding hydrogens is 388 g/mol. The minimum absolute atomic E-state index is 0.0198. The van der Waals surface area contributed by atoms with Crippen molar-refractivity contribution in [2.24, 2.45) is 0 Å². The molecule has 0 unspecified atom stereocenters. The van der Waals surface area contributed by atoms with Gasteiger partial charge >= 0.3 is 0 Å². The topological polar surface area (TPSA) is 40.5 Å². The van der Waals surface area contributed by atoms with Gasteiger partial charge in [0.05, 0.1) is 5.60 Å². The van der Waals surface area contributed by atoms with Gasteiger partial charge in [-0.2, -0.15) is 0 Å². The van der Waals surface area contributed by atoms with Crippen LogP contribution in [0.4, 0.5) is 4.39 Å². The van der Waals surface area contributed by atoms with E-state index in [0.717, 1.165) is 13.0 Å². The van der Waals surface area contributed by atoms with Crippen LogP contribution in [0.2, 0.25) is 10.0 Å². The average molecular weight is 410 g/mol. The number of aliphatic hydroxyl groups is 1. The van der Waals surface area contributed by atoms with Crippen LogP contribution in [0.25, 0.3) is 0 Å². The molecule has 1 heterocycles. The largest absolute Gasteiger partial charge is 0.385 e. The first-order valence-corrected chi connectivity index (χ1v) is 9.83. The van der Waals surface area contributed by atoms with Gasteiger partial charge in [-0.3, -0.25) is 4.79 Å². The van der Waals surface area contributed by atoms with Crippen LogP contribution in [0.5, 0.6) is 0 Å². The summed E-state index contributed by atoms with van der Waals surface area (Å²) in [5, 5.41) is 12.0. The Morgan fingerprint density at radius 1 is 1.07 bits per heavy atom. The molecule has 0 aliphatic carbocycles. The summed E-state index contributed by atoms with van der Waals surface area (Å²) in [6.45, 7) is 2.20. The van der Waals surface area contributed by atoms with Gasteiger partial charge in [-0.15, -0.1) is 0 Å². The smallest absolute Gasteiger partial charge is 0.162 e. The number of Topliss-reactive ketones (excluding diaryl/α,β-unsaturated/α-hetero) is 1. The molecule has 0 saturated carbocycles. The summed E-state index contributed by atoms with van der Waals surface area (Å²) in [5.74, 6) is -0.322. The van der Waals surface area contributed by atoms with E-state index in [0.29, 0.717) is 53.5 Å². The van der Waals surface area contributed by atoms with E-state index in [1.54, 1.807) is 18.2 Å². The van der Waals surface area contributed by atoms with Crippen LogP contribution in [0.3, 0.4) is 0 Å². The van der Waals surface area contributed by atoms with Gasteiger partial charge in [0, 0.05) is 40.7 Å². The van der Waals surface area contributed by atoms with Gasteiger partial charge in [-0.25, -0.2) is 4.39 Å². The SMILES string of the molecule is O=C(CCCN1CCC(O)(c2c(Cl)cccc2Cl)CC1)c1ccc(F)cc1. The molecule has 3 rings (SSSR count). The van der Waals surface area contributed by atoms with Crippen molar-refractivity contribution in [3.8, 4) is 0 Å². The third-order valence-electron chi connectivity index (χ3n) is 5.16. The molecule has 6 heteroatoms. The molecule has 27 heavy (non-hydrogen) atoms. The molecule has 0 bridgehead atoms. The fourth-order valence-corrected chi connectivity index (χ4v) is 4.33. The number of nitrogens with zero attached hydrogens (tertiary/aromatic N) is 1. The van der Waals surface area contributed by atoms with Crippen molar-refractivity contribution in [1.29, 1.82) is 0 Å². The second-order valence-corrected chi connectivity index (χ2v) is 7.82. The summed E-state index contributed by atoms with van der Waals surface area (Å²) in [7, 11) is 0. The standard InChI is InChI=1S/C21H22Cl2FNO2/c22-17-3-1-4-18(23)20(17)21(27)10-13-25(14-11-21)12-2-5-19(26)15-6-8-16(24)9-7-15/h1,3-4,6-9,27H,2,5,10-14H2. The summed E-state index contributed by atoms with van der Waals surface area (Å²) < 4.78 is 12.9. The molecule has 3 nitrogen and oxygen atoms in total. The first-order valence-electron chi connectivity index (χ1n) is 9.07. The Labute approximate surface area is 168 Å². The molecule has 0 amide bonds. The maximum absolute atomic E-state index is 12.9. The third kappa shape index (κ3) is 4.88. The van der Waals surface area contributed by atoms with Crippen LogP contribution in [0.1, 0.15) is 41.6 Å². The maximum atomic E-state index is 12.9. The number of likely N-dealkylation sites (tertiary alicyclic amines) is 1. The van der Waals surface area contributed by atoms with Crippen molar-refractivity contribution in [1.82, 2.24) is 4.90 Å². The van der Waals surface area contributed by atoms with E-state index in [9.17, 15) is 14.3 Å². The number of benzene rings is 2. The molecule has 2 aromatic carbocycles. The zero-order chi connectivity index (χ0) is 19.4. The van der Waals surface area contributed by atoms with Crippen molar-refractivity contribution in [2.75, 3.05) is 19.6 Å². The lowest BCUT2D eigenvalue weighted by atomic mass is 9.84.